The van der Waals surface area contributed by atoms with Crippen LogP contribution < -0.4 is 10.6 Å². The molecular formula is C19H15F2N3O. The molecule has 0 aliphatic rings. The maximum absolute atomic E-state index is 13.2. The van der Waals surface area contributed by atoms with E-state index >= 15 is 0 Å². The summed E-state index contributed by atoms with van der Waals surface area (Å²) in [7, 11) is 0. The van der Waals surface area contributed by atoms with Crippen LogP contribution in [0.25, 0.3) is 0 Å². The Morgan fingerprint density at radius 3 is 2.48 bits per heavy atom. The van der Waals surface area contributed by atoms with Gasteiger partial charge in [-0.05, 0) is 55.0 Å². The van der Waals surface area contributed by atoms with Gasteiger partial charge < -0.3 is 10.6 Å². The number of carbonyl (C=O) groups excluding carboxylic acids is 1. The number of carbonyl (C=O) groups is 1. The van der Waals surface area contributed by atoms with Crippen molar-refractivity contribution in [1.29, 1.82) is 0 Å². The molecule has 2 aromatic carbocycles. The highest BCUT2D eigenvalue weighted by atomic mass is 19.2. The van der Waals surface area contributed by atoms with Crippen molar-refractivity contribution < 1.29 is 13.6 Å². The van der Waals surface area contributed by atoms with Crippen LogP contribution in [0.3, 0.4) is 0 Å². The standard InChI is InChI=1S/C19H15F2N3O/c1-12-3-2-4-14(9-12)23-18-8-6-15(11-22-18)24-19(25)13-5-7-16(20)17(21)10-13/h2-11H,1H3,(H,22,23)(H,24,25). The van der Waals surface area contributed by atoms with Gasteiger partial charge in [0.1, 0.15) is 5.82 Å². The molecule has 0 radical (unpaired) electrons. The fraction of sp³-hybridized carbons (Fsp3) is 0.0526. The number of nitrogens with one attached hydrogen (secondary N) is 2. The first-order valence-electron chi connectivity index (χ1n) is 7.57. The number of aryl methyl sites for hydroxylation is 1. The number of aromatic nitrogens is 1. The lowest BCUT2D eigenvalue weighted by molar-refractivity contribution is 0.102. The summed E-state index contributed by atoms with van der Waals surface area (Å²) in [5.74, 6) is -1.98. The third kappa shape index (κ3) is 4.17. The third-order valence-corrected chi connectivity index (χ3v) is 3.49. The number of pyridine rings is 1. The highest BCUT2D eigenvalue weighted by Gasteiger charge is 2.10. The molecule has 0 unspecified atom stereocenters. The highest BCUT2D eigenvalue weighted by molar-refractivity contribution is 6.04. The normalized spacial score (nSPS) is 10.4. The van der Waals surface area contributed by atoms with E-state index in [0.717, 1.165) is 23.4 Å². The van der Waals surface area contributed by atoms with Crippen LogP contribution >= 0.6 is 0 Å². The predicted octanol–water partition coefficient (Wildman–Crippen LogP) is 4.66. The molecule has 0 aliphatic carbocycles. The molecule has 0 bridgehead atoms. The second-order valence-electron chi connectivity index (χ2n) is 5.51. The van der Waals surface area contributed by atoms with E-state index in [1.807, 2.05) is 31.2 Å². The smallest absolute Gasteiger partial charge is 0.255 e. The van der Waals surface area contributed by atoms with Crippen LogP contribution in [0.4, 0.5) is 26.0 Å². The van der Waals surface area contributed by atoms with E-state index in [-0.39, 0.29) is 5.56 Å². The maximum Gasteiger partial charge on any atom is 0.255 e. The van der Waals surface area contributed by atoms with Crippen molar-refractivity contribution in [1.82, 2.24) is 4.98 Å². The van der Waals surface area contributed by atoms with E-state index in [1.54, 1.807) is 12.1 Å². The van der Waals surface area contributed by atoms with Crippen molar-refractivity contribution >= 4 is 23.1 Å². The first-order valence-corrected chi connectivity index (χ1v) is 7.57. The lowest BCUT2D eigenvalue weighted by Crippen LogP contribution is -2.12. The SMILES string of the molecule is Cc1cccc(Nc2ccc(NC(=O)c3ccc(F)c(F)c3)cn2)c1. The molecule has 1 amide bonds. The molecule has 0 saturated heterocycles. The predicted molar refractivity (Wildman–Crippen MR) is 93.0 cm³/mol. The number of benzene rings is 2. The van der Waals surface area contributed by atoms with Crippen LogP contribution in [0.1, 0.15) is 15.9 Å². The van der Waals surface area contributed by atoms with Gasteiger partial charge in [0.2, 0.25) is 0 Å². The molecule has 0 aliphatic heterocycles. The molecule has 0 atom stereocenters. The van der Waals surface area contributed by atoms with Crippen LogP contribution in [-0.2, 0) is 0 Å². The summed E-state index contributed by atoms with van der Waals surface area (Å²) in [6.07, 6.45) is 1.48. The molecule has 126 valence electrons. The molecule has 2 N–H and O–H groups in total. The number of amides is 1. The minimum absolute atomic E-state index is 0.0286. The van der Waals surface area contributed by atoms with Gasteiger partial charge in [0.05, 0.1) is 11.9 Å². The van der Waals surface area contributed by atoms with Gasteiger partial charge in [0.15, 0.2) is 11.6 Å². The van der Waals surface area contributed by atoms with Gasteiger partial charge in [-0.25, -0.2) is 13.8 Å². The van der Waals surface area contributed by atoms with Crippen molar-refractivity contribution in [3.8, 4) is 0 Å². The van der Waals surface area contributed by atoms with Gasteiger partial charge in [-0.2, -0.15) is 0 Å². The quantitative estimate of drug-likeness (QED) is 0.727. The summed E-state index contributed by atoms with van der Waals surface area (Å²) in [5.41, 5.74) is 2.51. The summed E-state index contributed by atoms with van der Waals surface area (Å²) < 4.78 is 26.1. The van der Waals surface area contributed by atoms with Crippen LogP contribution in [0.5, 0.6) is 0 Å². The molecule has 1 aromatic heterocycles. The lowest BCUT2D eigenvalue weighted by atomic mass is 10.2. The molecule has 0 saturated carbocycles. The Morgan fingerprint density at radius 1 is 0.960 bits per heavy atom. The summed E-state index contributed by atoms with van der Waals surface area (Å²) in [6.45, 7) is 2.00. The summed E-state index contributed by atoms with van der Waals surface area (Å²) in [5, 5.41) is 5.74. The Kier molecular flexibility index (Phi) is 4.70. The number of halogens is 2. The van der Waals surface area contributed by atoms with Crippen LogP contribution in [-0.4, -0.2) is 10.9 Å². The zero-order valence-electron chi connectivity index (χ0n) is 13.4. The number of rotatable bonds is 4. The molecule has 1 heterocycles. The van der Waals surface area contributed by atoms with Crippen molar-refractivity contribution in [3.05, 3.63) is 83.6 Å². The molecule has 3 aromatic rings. The second-order valence-corrected chi connectivity index (χ2v) is 5.51. The van der Waals surface area contributed by atoms with Crippen LogP contribution in [0.2, 0.25) is 0 Å². The molecular weight excluding hydrogens is 324 g/mol. The fourth-order valence-corrected chi connectivity index (χ4v) is 2.25. The van der Waals surface area contributed by atoms with Crippen molar-refractivity contribution in [2.75, 3.05) is 10.6 Å². The Balaban J connectivity index is 1.67. The second kappa shape index (κ2) is 7.09. The van der Waals surface area contributed by atoms with E-state index < -0.39 is 17.5 Å². The van der Waals surface area contributed by atoms with E-state index in [4.69, 9.17) is 0 Å². The summed E-state index contributed by atoms with van der Waals surface area (Å²) >= 11 is 0. The summed E-state index contributed by atoms with van der Waals surface area (Å²) in [4.78, 5) is 16.3. The Labute approximate surface area is 143 Å². The zero-order valence-corrected chi connectivity index (χ0v) is 13.4. The first kappa shape index (κ1) is 16.6. The van der Waals surface area contributed by atoms with E-state index in [0.29, 0.717) is 11.5 Å². The third-order valence-electron chi connectivity index (χ3n) is 3.49. The van der Waals surface area contributed by atoms with E-state index in [1.165, 1.54) is 12.3 Å². The molecule has 0 fully saturated rings. The fourth-order valence-electron chi connectivity index (χ4n) is 2.25. The van der Waals surface area contributed by atoms with Gasteiger partial charge in [-0.3, -0.25) is 4.79 Å². The van der Waals surface area contributed by atoms with E-state index in [2.05, 4.69) is 15.6 Å². The molecule has 25 heavy (non-hydrogen) atoms. The number of hydrogen-bond acceptors (Lipinski definition) is 3. The average Bonchev–Trinajstić information content (AvgIpc) is 2.59. The zero-order chi connectivity index (χ0) is 17.8. The summed E-state index contributed by atoms with van der Waals surface area (Å²) in [6, 6.07) is 14.2. The topological polar surface area (TPSA) is 54.0 Å². The van der Waals surface area contributed by atoms with Crippen LogP contribution in [0.15, 0.2) is 60.8 Å². The van der Waals surface area contributed by atoms with Crippen molar-refractivity contribution in [3.63, 3.8) is 0 Å². The monoisotopic (exact) mass is 339 g/mol. The van der Waals surface area contributed by atoms with E-state index in [9.17, 15) is 13.6 Å². The lowest BCUT2D eigenvalue weighted by Gasteiger charge is -2.08. The largest absolute Gasteiger partial charge is 0.340 e. The number of anilines is 3. The van der Waals surface area contributed by atoms with Gasteiger partial charge in [-0.15, -0.1) is 0 Å². The van der Waals surface area contributed by atoms with Crippen molar-refractivity contribution in [2.45, 2.75) is 6.92 Å². The molecule has 3 rings (SSSR count). The highest BCUT2D eigenvalue weighted by Crippen LogP contribution is 2.18. The molecule has 0 spiro atoms. The Bertz CT molecular complexity index is 911. The minimum atomic E-state index is -1.07. The number of nitrogens with zero attached hydrogens (tertiary/aromatic N) is 1. The molecule has 6 heteroatoms. The average molecular weight is 339 g/mol. The van der Waals surface area contributed by atoms with Gasteiger partial charge in [0, 0.05) is 11.3 Å². The first-order chi connectivity index (χ1) is 12.0. The maximum atomic E-state index is 13.2. The van der Waals surface area contributed by atoms with Gasteiger partial charge >= 0.3 is 0 Å². The Morgan fingerprint density at radius 2 is 1.80 bits per heavy atom. The van der Waals surface area contributed by atoms with Crippen LogP contribution in [0, 0.1) is 18.6 Å². The number of hydrogen-bond donors (Lipinski definition) is 2. The van der Waals surface area contributed by atoms with Gasteiger partial charge in [-0.1, -0.05) is 12.1 Å². The Hall–Kier alpha value is -3.28. The molecule has 4 nitrogen and oxygen atoms in total. The van der Waals surface area contributed by atoms with Gasteiger partial charge in [0.25, 0.3) is 5.91 Å². The minimum Gasteiger partial charge on any atom is -0.340 e. The van der Waals surface area contributed by atoms with Crippen molar-refractivity contribution in [2.24, 2.45) is 0 Å².